The molecule has 3 aromatic rings. The Labute approximate surface area is 189 Å². The molecular formula is C25H28N2O4S. The number of ether oxygens (including phenoxy) is 1. The summed E-state index contributed by atoms with van der Waals surface area (Å²) >= 11 is 0. The first kappa shape index (κ1) is 23.3. The number of anilines is 1. The van der Waals surface area contributed by atoms with Gasteiger partial charge < -0.3 is 10.1 Å². The third-order valence-corrected chi connectivity index (χ3v) is 6.43. The van der Waals surface area contributed by atoms with Crippen molar-refractivity contribution in [3.8, 4) is 5.75 Å². The van der Waals surface area contributed by atoms with Crippen LogP contribution in [0.2, 0.25) is 0 Å². The highest BCUT2D eigenvalue weighted by atomic mass is 32.2. The fourth-order valence-electron chi connectivity index (χ4n) is 3.18. The van der Waals surface area contributed by atoms with Crippen LogP contribution >= 0.6 is 0 Å². The van der Waals surface area contributed by atoms with Crippen LogP contribution in [0.15, 0.2) is 65.6 Å². The summed E-state index contributed by atoms with van der Waals surface area (Å²) in [4.78, 5) is 12.7. The number of nitrogens with one attached hydrogen (secondary N) is 2. The van der Waals surface area contributed by atoms with Gasteiger partial charge >= 0.3 is 0 Å². The summed E-state index contributed by atoms with van der Waals surface area (Å²) in [6.07, 6.45) is 0. The van der Waals surface area contributed by atoms with Crippen LogP contribution in [-0.2, 0) is 10.0 Å². The molecule has 168 valence electrons. The third-order valence-electron chi connectivity index (χ3n) is 5.05. The number of amides is 1. The van der Waals surface area contributed by atoms with Crippen molar-refractivity contribution in [2.24, 2.45) is 0 Å². The summed E-state index contributed by atoms with van der Waals surface area (Å²) in [6, 6.07) is 17.5. The molecule has 0 aliphatic rings. The Morgan fingerprint density at radius 1 is 0.844 bits per heavy atom. The van der Waals surface area contributed by atoms with E-state index in [1.165, 1.54) is 0 Å². The Bertz CT molecular complexity index is 1220. The summed E-state index contributed by atoms with van der Waals surface area (Å²) in [7, 11) is -3.76. The van der Waals surface area contributed by atoms with Gasteiger partial charge in [0.1, 0.15) is 12.4 Å². The Morgan fingerprint density at radius 2 is 1.53 bits per heavy atom. The fourth-order valence-corrected chi connectivity index (χ4v) is 4.30. The van der Waals surface area contributed by atoms with Crippen molar-refractivity contribution in [1.82, 2.24) is 5.32 Å². The van der Waals surface area contributed by atoms with Gasteiger partial charge in [0.15, 0.2) is 0 Å². The molecule has 0 bridgehead atoms. The number of carbonyl (C=O) groups excluding carboxylic acids is 1. The number of rotatable bonds is 8. The van der Waals surface area contributed by atoms with E-state index in [4.69, 9.17) is 4.74 Å². The molecule has 3 aromatic carbocycles. The van der Waals surface area contributed by atoms with Crippen LogP contribution in [0.25, 0.3) is 0 Å². The van der Waals surface area contributed by atoms with Crippen LogP contribution in [0.1, 0.15) is 32.6 Å². The van der Waals surface area contributed by atoms with E-state index in [0.29, 0.717) is 24.4 Å². The molecule has 0 spiro atoms. The number of aryl methyl sites for hydroxylation is 4. The molecule has 3 rings (SSSR count). The molecule has 0 saturated heterocycles. The van der Waals surface area contributed by atoms with Crippen LogP contribution < -0.4 is 14.8 Å². The maximum Gasteiger partial charge on any atom is 0.261 e. The summed E-state index contributed by atoms with van der Waals surface area (Å²) in [5, 5.41) is 2.81. The van der Waals surface area contributed by atoms with Gasteiger partial charge in [0.25, 0.3) is 15.9 Å². The van der Waals surface area contributed by atoms with Crippen LogP contribution in [0.5, 0.6) is 5.75 Å². The zero-order chi connectivity index (χ0) is 23.3. The second kappa shape index (κ2) is 9.87. The second-order valence-electron chi connectivity index (χ2n) is 7.82. The van der Waals surface area contributed by atoms with Gasteiger partial charge in [-0.25, -0.2) is 8.42 Å². The zero-order valence-electron chi connectivity index (χ0n) is 18.7. The molecule has 6 nitrogen and oxygen atoms in total. The van der Waals surface area contributed by atoms with Crippen molar-refractivity contribution < 1.29 is 17.9 Å². The molecule has 0 saturated carbocycles. The van der Waals surface area contributed by atoms with Gasteiger partial charge in [0.2, 0.25) is 0 Å². The molecule has 7 heteroatoms. The monoisotopic (exact) mass is 452 g/mol. The highest BCUT2D eigenvalue weighted by molar-refractivity contribution is 7.92. The molecule has 0 unspecified atom stereocenters. The Morgan fingerprint density at radius 3 is 2.22 bits per heavy atom. The molecule has 0 atom stereocenters. The summed E-state index contributed by atoms with van der Waals surface area (Å²) < 4.78 is 33.7. The third kappa shape index (κ3) is 5.88. The quantitative estimate of drug-likeness (QED) is 0.492. The SMILES string of the molecule is Cc1ccc(S(=O)(=O)Nc2cc(C(=O)NCCOc3ccc(C)cc3C)ccc2C)cc1. The average Bonchev–Trinajstić information content (AvgIpc) is 2.74. The lowest BCUT2D eigenvalue weighted by Gasteiger charge is -2.13. The lowest BCUT2D eigenvalue weighted by atomic mass is 10.1. The minimum atomic E-state index is -3.76. The lowest BCUT2D eigenvalue weighted by molar-refractivity contribution is 0.0947. The van der Waals surface area contributed by atoms with E-state index >= 15 is 0 Å². The predicted octanol–water partition coefficient (Wildman–Crippen LogP) is 4.53. The predicted molar refractivity (Wildman–Crippen MR) is 127 cm³/mol. The van der Waals surface area contributed by atoms with Gasteiger partial charge in [-0.3, -0.25) is 9.52 Å². The molecule has 32 heavy (non-hydrogen) atoms. The van der Waals surface area contributed by atoms with Crippen molar-refractivity contribution in [2.75, 3.05) is 17.9 Å². The van der Waals surface area contributed by atoms with Gasteiger partial charge in [0.05, 0.1) is 17.1 Å². The molecule has 0 aromatic heterocycles. The van der Waals surface area contributed by atoms with Gasteiger partial charge in [-0.05, 0) is 69.2 Å². The van der Waals surface area contributed by atoms with Crippen molar-refractivity contribution in [1.29, 1.82) is 0 Å². The van der Waals surface area contributed by atoms with E-state index in [1.807, 2.05) is 39.0 Å². The topological polar surface area (TPSA) is 84.5 Å². The summed E-state index contributed by atoms with van der Waals surface area (Å²) in [6.45, 7) is 8.33. The van der Waals surface area contributed by atoms with Crippen molar-refractivity contribution in [3.05, 3.63) is 88.5 Å². The van der Waals surface area contributed by atoms with Crippen molar-refractivity contribution >= 4 is 21.6 Å². The first-order valence-electron chi connectivity index (χ1n) is 10.3. The number of benzene rings is 3. The summed E-state index contributed by atoms with van der Waals surface area (Å²) in [5.41, 5.74) is 4.63. The fraction of sp³-hybridized carbons (Fsp3) is 0.240. The van der Waals surface area contributed by atoms with E-state index in [-0.39, 0.29) is 10.8 Å². The number of sulfonamides is 1. The molecular weight excluding hydrogens is 424 g/mol. The highest BCUT2D eigenvalue weighted by Gasteiger charge is 2.16. The molecule has 2 N–H and O–H groups in total. The Kier molecular flexibility index (Phi) is 7.20. The smallest absolute Gasteiger partial charge is 0.261 e. The van der Waals surface area contributed by atoms with Crippen molar-refractivity contribution in [3.63, 3.8) is 0 Å². The minimum Gasteiger partial charge on any atom is -0.491 e. The van der Waals surface area contributed by atoms with Gasteiger partial charge in [-0.15, -0.1) is 0 Å². The minimum absolute atomic E-state index is 0.168. The van der Waals surface area contributed by atoms with Crippen LogP contribution in [0.4, 0.5) is 5.69 Å². The summed E-state index contributed by atoms with van der Waals surface area (Å²) in [5.74, 6) is 0.484. The molecule has 0 aliphatic heterocycles. The van der Waals surface area contributed by atoms with Gasteiger partial charge in [-0.1, -0.05) is 41.5 Å². The lowest BCUT2D eigenvalue weighted by Crippen LogP contribution is -2.28. The first-order valence-corrected chi connectivity index (χ1v) is 11.8. The maximum absolute atomic E-state index is 12.7. The Hall–Kier alpha value is -3.32. The first-order chi connectivity index (χ1) is 15.2. The molecule has 0 fully saturated rings. The van der Waals surface area contributed by atoms with E-state index in [2.05, 4.69) is 10.0 Å². The zero-order valence-corrected chi connectivity index (χ0v) is 19.5. The standard InChI is InChI=1S/C25H28N2O4S/c1-17-5-10-22(11-6-17)32(29,30)27-23-16-21(9-8-19(23)3)25(28)26-13-14-31-24-12-7-18(2)15-20(24)4/h5-12,15-16,27H,13-14H2,1-4H3,(H,26,28). The number of hydrogen-bond acceptors (Lipinski definition) is 4. The second-order valence-corrected chi connectivity index (χ2v) is 9.50. The van der Waals surface area contributed by atoms with E-state index in [1.54, 1.807) is 49.4 Å². The van der Waals surface area contributed by atoms with Crippen molar-refractivity contribution in [2.45, 2.75) is 32.6 Å². The number of hydrogen-bond donors (Lipinski definition) is 2. The highest BCUT2D eigenvalue weighted by Crippen LogP contribution is 2.22. The molecule has 0 heterocycles. The van der Waals surface area contributed by atoms with Crippen LogP contribution in [0, 0.1) is 27.7 Å². The molecule has 0 radical (unpaired) electrons. The van der Waals surface area contributed by atoms with Crippen LogP contribution in [-0.4, -0.2) is 27.5 Å². The van der Waals surface area contributed by atoms with E-state index < -0.39 is 10.0 Å². The van der Waals surface area contributed by atoms with E-state index in [9.17, 15) is 13.2 Å². The van der Waals surface area contributed by atoms with Crippen LogP contribution in [0.3, 0.4) is 0 Å². The van der Waals surface area contributed by atoms with Gasteiger partial charge in [0, 0.05) is 5.56 Å². The van der Waals surface area contributed by atoms with Gasteiger partial charge in [-0.2, -0.15) is 0 Å². The normalized spacial score (nSPS) is 11.1. The molecule has 0 aliphatic carbocycles. The number of carbonyl (C=O) groups is 1. The average molecular weight is 453 g/mol. The van der Waals surface area contributed by atoms with E-state index in [0.717, 1.165) is 28.0 Å². The maximum atomic E-state index is 12.7. The molecule has 1 amide bonds. The largest absolute Gasteiger partial charge is 0.491 e. The Balaban J connectivity index is 1.62.